The maximum absolute atomic E-state index is 12.9. The van der Waals surface area contributed by atoms with Crippen molar-refractivity contribution >= 4 is 23.3 Å². The van der Waals surface area contributed by atoms with E-state index in [0.29, 0.717) is 30.0 Å². The average Bonchev–Trinajstić information content (AvgIpc) is 2.86. The standard InChI is InChI=1S/C24H25F3N8O3/c1-34-4-6-35(7-5-34)14-22(37)33-18-8-15(2-3-21(18)38-24(25,26)27)20(36)9-17-12-30-19(13-29-17)16-10-31-23(28)32-11-16/h2-3,8,10-13H,4-7,9,14H2,1H3,(H,33,37)(H2,28,31,32). The first-order valence-electron chi connectivity index (χ1n) is 11.6. The molecular formula is C24H25F3N8O3. The highest BCUT2D eigenvalue weighted by molar-refractivity contribution is 6.00. The number of anilines is 2. The molecule has 1 fully saturated rings. The summed E-state index contributed by atoms with van der Waals surface area (Å²) in [6, 6.07) is 3.37. The second-order valence-corrected chi connectivity index (χ2v) is 8.71. The molecule has 1 aromatic carbocycles. The highest BCUT2D eigenvalue weighted by Crippen LogP contribution is 2.31. The van der Waals surface area contributed by atoms with Crippen LogP contribution in [0.1, 0.15) is 16.1 Å². The van der Waals surface area contributed by atoms with E-state index in [2.05, 4.69) is 34.9 Å². The molecule has 4 rings (SSSR count). The van der Waals surface area contributed by atoms with Crippen molar-refractivity contribution in [3.63, 3.8) is 0 Å². The molecule has 0 aliphatic carbocycles. The zero-order valence-corrected chi connectivity index (χ0v) is 20.4. The van der Waals surface area contributed by atoms with Gasteiger partial charge in [0.1, 0.15) is 0 Å². The number of piperazine rings is 1. The van der Waals surface area contributed by atoms with Crippen LogP contribution >= 0.6 is 0 Å². The topological polar surface area (TPSA) is 139 Å². The lowest BCUT2D eigenvalue weighted by Crippen LogP contribution is -2.47. The zero-order valence-electron chi connectivity index (χ0n) is 20.4. The van der Waals surface area contributed by atoms with E-state index in [1.54, 1.807) is 0 Å². The third kappa shape index (κ3) is 7.43. The molecule has 2 aromatic heterocycles. The number of nitrogens with two attached hydrogens (primary N) is 1. The van der Waals surface area contributed by atoms with Crippen LogP contribution in [-0.4, -0.2) is 87.6 Å². The molecule has 1 aliphatic heterocycles. The Kier molecular flexibility index (Phi) is 8.12. The first-order chi connectivity index (χ1) is 18.1. The number of carbonyl (C=O) groups excluding carboxylic acids is 2. The molecule has 14 heteroatoms. The van der Waals surface area contributed by atoms with Crippen molar-refractivity contribution in [2.24, 2.45) is 0 Å². The fraction of sp³-hybridized carbons (Fsp3) is 0.333. The Morgan fingerprint density at radius 2 is 1.74 bits per heavy atom. The van der Waals surface area contributed by atoms with Gasteiger partial charge in [0.05, 0.1) is 36.2 Å². The first kappa shape index (κ1) is 26.9. The number of ketones is 1. The molecule has 1 aliphatic rings. The number of Topliss-reactive ketones (excluding diaryl/α,β-unsaturated/α-hetero) is 1. The number of ether oxygens (including phenoxy) is 1. The third-order valence-electron chi connectivity index (χ3n) is 5.78. The van der Waals surface area contributed by atoms with E-state index in [-0.39, 0.29) is 30.2 Å². The van der Waals surface area contributed by atoms with Gasteiger partial charge in [-0.05, 0) is 25.2 Å². The average molecular weight is 531 g/mol. The number of amides is 1. The lowest BCUT2D eigenvalue weighted by Gasteiger charge is -2.31. The maximum atomic E-state index is 12.9. The van der Waals surface area contributed by atoms with Crippen LogP contribution in [0, 0.1) is 0 Å². The number of rotatable bonds is 8. The summed E-state index contributed by atoms with van der Waals surface area (Å²) in [4.78, 5) is 45.8. The van der Waals surface area contributed by atoms with Gasteiger partial charge in [-0.15, -0.1) is 13.2 Å². The van der Waals surface area contributed by atoms with Crippen molar-refractivity contribution in [3.05, 3.63) is 54.2 Å². The molecule has 1 amide bonds. The molecule has 1 saturated heterocycles. The largest absolute Gasteiger partial charge is 0.573 e. The van der Waals surface area contributed by atoms with E-state index in [1.165, 1.54) is 36.9 Å². The fourth-order valence-corrected chi connectivity index (χ4v) is 3.75. The molecule has 3 heterocycles. The molecule has 0 unspecified atom stereocenters. The lowest BCUT2D eigenvalue weighted by atomic mass is 10.1. The van der Waals surface area contributed by atoms with Gasteiger partial charge in [0, 0.05) is 55.9 Å². The number of hydrogen-bond acceptors (Lipinski definition) is 10. The summed E-state index contributed by atoms with van der Waals surface area (Å²) < 4.78 is 42.9. The van der Waals surface area contributed by atoms with Crippen LogP contribution in [0.5, 0.6) is 5.75 Å². The second kappa shape index (κ2) is 11.5. The quantitative estimate of drug-likeness (QED) is 0.416. The summed E-state index contributed by atoms with van der Waals surface area (Å²) in [5.41, 5.74) is 6.70. The van der Waals surface area contributed by atoms with E-state index < -0.39 is 23.8 Å². The number of nitrogen functional groups attached to an aromatic ring is 1. The predicted molar refractivity (Wildman–Crippen MR) is 131 cm³/mol. The molecule has 38 heavy (non-hydrogen) atoms. The van der Waals surface area contributed by atoms with E-state index in [1.807, 2.05) is 11.9 Å². The van der Waals surface area contributed by atoms with Crippen LogP contribution in [0.3, 0.4) is 0 Å². The van der Waals surface area contributed by atoms with Crippen LogP contribution in [0.4, 0.5) is 24.8 Å². The summed E-state index contributed by atoms with van der Waals surface area (Å²) in [5.74, 6) is -1.45. The van der Waals surface area contributed by atoms with Crippen molar-refractivity contribution < 1.29 is 27.5 Å². The lowest BCUT2D eigenvalue weighted by molar-refractivity contribution is -0.274. The van der Waals surface area contributed by atoms with Crippen LogP contribution in [0.2, 0.25) is 0 Å². The van der Waals surface area contributed by atoms with Gasteiger partial charge in [-0.3, -0.25) is 24.5 Å². The van der Waals surface area contributed by atoms with Crippen molar-refractivity contribution in [1.29, 1.82) is 0 Å². The Bertz CT molecular complexity index is 1280. The number of hydrogen-bond donors (Lipinski definition) is 2. The van der Waals surface area contributed by atoms with Crippen molar-refractivity contribution in [3.8, 4) is 17.0 Å². The minimum atomic E-state index is -4.98. The van der Waals surface area contributed by atoms with Gasteiger partial charge in [-0.1, -0.05) is 0 Å². The Balaban J connectivity index is 1.47. The third-order valence-corrected chi connectivity index (χ3v) is 5.78. The van der Waals surface area contributed by atoms with E-state index in [4.69, 9.17) is 5.73 Å². The van der Waals surface area contributed by atoms with Crippen LogP contribution in [0.25, 0.3) is 11.3 Å². The maximum Gasteiger partial charge on any atom is 0.573 e. The molecule has 3 N–H and O–H groups in total. The van der Waals surface area contributed by atoms with Crippen LogP contribution in [-0.2, 0) is 11.2 Å². The van der Waals surface area contributed by atoms with E-state index in [0.717, 1.165) is 19.2 Å². The number of halogens is 3. The van der Waals surface area contributed by atoms with E-state index >= 15 is 0 Å². The molecule has 0 spiro atoms. The van der Waals surface area contributed by atoms with Gasteiger partial charge in [-0.2, -0.15) is 0 Å². The molecule has 11 nitrogen and oxygen atoms in total. The number of benzene rings is 1. The van der Waals surface area contributed by atoms with Gasteiger partial charge >= 0.3 is 6.36 Å². The monoisotopic (exact) mass is 530 g/mol. The Morgan fingerprint density at radius 1 is 1.03 bits per heavy atom. The highest BCUT2D eigenvalue weighted by Gasteiger charge is 2.32. The number of carbonyl (C=O) groups is 2. The Morgan fingerprint density at radius 3 is 2.37 bits per heavy atom. The summed E-state index contributed by atoms with van der Waals surface area (Å²) >= 11 is 0. The van der Waals surface area contributed by atoms with Gasteiger partial charge in [0.2, 0.25) is 11.9 Å². The predicted octanol–water partition coefficient (Wildman–Crippen LogP) is 2.03. The minimum Gasteiger partial charge on any atom is -0.404 e. The second-order valence-electron chi connectivity index (χ2n) is 8.71. The molecule has 0 saturated carbocycles. The van der Waals surface area contributed by atoms with Gasteiger partial charge in [0.25, 0.3) is 0 Å². The minimum absolute atomic E-state index is 0.00153. The summed E-state index contributed by atoms with van der Waals surface area (Å²) in [6.45, 7) is 2.85. The first-order valence-corrected chi connectivity index (χ1v) is 11.6. The highest BCUT2D eigenvalue weighted by atomic mass is 19.4. The van der Waals surface area contributed by atoms with E-state index in [9.17, 15) is 22.8 Å². The summed E-state index contributed by atoms with van der Waals surface area (Å²) in [5, 5.41) is 2.46. The molecular weight excluding hydrogens is 505 g/mol. The SMILES string of the molecule is CN1CCN(CC(=O)Nc2cc(C(=O)Cc3cnc(-c4cnc(N)nc4)cn3)ccc2OC(F)(F)F)CC1. The van der Waals surface area contributed by atoms with Crippen molar-refractivity contribution in [1.82, 2.24) is 29.7 Å². The smallest absolute Gasteiger partial charge is 0.404 e. The number of likely N-dealkylation sites (N-methyl/N-ethyl adjacent to an activating group) is 1. The normalized spacial score (nSPS) is 14.7. The number of nitrogens with zero attached hydrogens (tertiary/aromatic N) is 6. The van der Waals surface area contributed by atoms with Gasteiger partial charge in [0.15, 0.2) is 11.5 Å². The number of aromatic nitrogens is 4. The van der Waals surface area contributed by atoms with Crippen molar-refractivity contribution in [2.45, 2.75) is 12.8 Å². The number of nitrogens with one attached hydrogen (secondary N) is 1. The zero-order chi connectivity index (χ0) is 27.3. The molecule has 200 valence electrons. The van der Waals surface area contributed by atoms with Crippen LogP contribution in [0.15, 0.2) is 43.0 Å². The fourth-order valence-electron chi connectivity index (χ4n) is 3.75. The number of alkyl halides is 3. The van der Waals surface area contributed by atoms with Gasteiger partial charge < -0.3 is 20.7 Å². The van der Waals surface area contributed by atoms with Gasteiger partial charge in [-0.25, -0.2) is 9.97 Å². The Labute approximate surface area is 215 Å². The van der Waals surface area contributed by atoms with Crippen molar-refractivity contribution in [2.75, 3.05) is 50.8 Å². The van der Waals surface area contributed by atoms with Crippen LogP contribution < -0.4 is 15.8 Å². The molecule has 0 atom stereocenters. The summed E-state index contributed by atoms with van der Waals surface area (Å²) in [6.07, 6.45) is 0.683. The Hall–Kier alpha value is -4.17. The summed E-state index contributed by atoms with van der Waals surface area (Å²) in [7, 11) is 1.97. The molecule has 0 bridgehead atoms. The molecule has 3 aromatic rings. The molecule has 0 radical (unpaired) electrons.